The quantitative estimate of drug-likeness (QED) is 0.806. The summed E-state index contributed by atoms with van der Waals surface area (Å²) in [6.45, 7) is 3.17. The minimum absolute atomic E-state index is 0.113. The number of amides is 1. The summed E-state index contributed by atoms with van der Waals surface area (Å²) in [5.74, 6) is 0.113. The molecule has 0 N–H and O–H groups in total. The number of hydrogen-bond acceptors (Lipinski definition) is 5. The predicted molar refractivity (Wildman–Crippen MR) is 90.9 cm³/mol. The first-order valence-electron chi connectivity index (χ1n) is 7.95. The van der Waals surface area contributed by atoms with Crippen LogP contribution < -0.4 is 0 Å². The summed E-state index contributed by atoms with van der Waals surface area (Å²) in [7, 11) is -3.15. The first-order valence-corrected chi connectivity index (χ1v) is 10.7. The van der Waals surface area contributed by atoms with Crippen molar-refractivity contribution in [2.24, 2.45) is 0 Å². The van der Waals surface area contributed by atoms with E-state index in [0.717, 1.165) is 19.4 Å². The highest BCUT2D eigenvalue weighted by molar-refractivity contribution is 7.88. The van der Waals surface area contributed by atoms with Gasteiger partial charge in [-0.25, -0.2) is 8.42 Å². The van der Waals surface area contributed by atoms with Gasteiger partial charge in [-0.15, -0.1) is 11.3 Å². The van der Waals surface area contributed by atoms with E-state index < -0.39 is 10.0 Å². The van der Waals surface area contributed by atoms with Crippen LogP contribution in [0.4, 0.5) is 0 Å². The maximum Gasteiger partial charge on any atom is 0.236 e. The molecule has 2 aliphatic rings. The minimum atomic E-state index is -3.15. The van der Waals surface area contributed by atoms with Gasteiger partial charge in [0.25, 0.3) is 0 Å². The number of hydrogen-bond donors (Lipinski definition) is 0. The summed E-state index contributed by atoms with van der Waals surface area (Å²) in [4.78, 5) is 17.9. The van der Waals surface area contributed by atoms with E-state index >= 15 is 0 Å². The Balaban J connectivity index is 1.55. The minimum Gasteiger partial charge on any atom is -0.339 e. The molecule has 1 aromatic rings. The van der Waals surface area contributed by atoms with Crippen LogP contribution in [0.3, 0.4) is 0 Å². The van der Waals surface area contributed by atoms with Gasteiger partial charge in [-0.3, -0.25) is 9.69 Å². The molecule has 23 heavy (non-hydrogen) atoms. The highest BCUT2D eigenvalue weighted by atomic mass is 32.2. The first kappa shape index (κ1) is 16.9. The van der Waals surface area contributed by atoms with Crippen LogP contribution in [0.25, 0.3) is 0 Å². The van der Waals surface area contributed by atoms with Gasteiger partial charge in [-0.2, -0.15) is 4.31 Å². The molecule has 1 atom stereocenters. The predicted octanol–water partition coefficient (Wildman–Crippen LogP) is 0.989. The van der Waals surface area contributed by atoms with Crippen molar-refractivity contribution >= 4 is 27.3 Å². The first-order chi connectivity index (χ1) is 10.9. The third-order valence-electron chi connectivity index (χ3n) is 4.63. The molecule has 3 rings (SSSR count). The molecule has 6 nitrogen and oxygen atoms in total. The second-order valence-corrected chi connectivity index (χ2v) is 9.15. The smallest absolute Gasteiger partial charge is 0.236 e. The van der Waals surface area contributed by atoms with Crippen LogP contribution >= 0.6 is 11.3 Å². The lowest BCUT2D eigenvalue weighted by Crippen LogP contribution is -2.52. The van der Waals surface area contributed by atoms with Gasteiger partial charge in [0.15, 0.2) is 0 Å². The van der Waals surface area contributed by atoms with Gasteiger partial charge in [-0.05, 0) is 30.8 Å². The number of sulfonamides is 1. The number of rotatable bonds is 4. The highest BCUT2D eigenvalue weighted by Gasteiger charge is 2.31. The molecule has 0 radical (unpaired) electrons. The lowest BCUT2D eigenvalue weighted by Gasteiger charge is -2.34. The summed E-state index contributed by atoms with van der Waals surface area (Å²) in [5.41, 5.74) is 0. The molecular weight excluding hydrogens is 334 g/mol. The molecule has 3 heterocycles. The van der Waals surface area contributed by atoms with Gasteiger partial charge in [0.05, 0.1) is 12.8 Å². The molecule has 0 aliphatic carbocycles. The zero-order valence-electron chi connectivity index (χ0n) is 13.3. The molecule has 2 saturated heterocycles. The number of carbonyl (C=O) groups excluding carboxylic acids is 1. The monoisotopic (exact) mass is 357 g/mol. The van der Waals surface area contributed by atoms with E-state index in [0.29, 0.717) is 38.8 Å². The van der Waals surface area contributed by atoms with Gasteiger partial charge in [0.1, 0.15) is 0 Å². The Morgan fingerprint density at radius 2 is 2.00 bits per heavy atom. The van der Waals surface area contributed by atoms with E-state index in [4.69, 9.17) is 0 Å². The maximum atomic E-state index is 12.5. The van der Waals surface area contributed by atoms with Crippen molar-refractivity contribution in [3.63, 3.8) is 0 Å². The van der Waals surface area contributed by atoms with Crippen molar-refractivity contribution in [2.45, 2.75) is 18.9 Å². The highest BCUT2D eigenvalue weighted by Crippen LogP contribution is 2.34. The average molecular weight is 358 g/mol. The fourth-order valence-electron chi connectivity index (χ4n) is 3.36. The van der Waals surface area contributed by atoms with Gasteiger partial charge >= 0.3 is 0 Å². The summed E-state index contributed by atoms with van der Waals surface area (Å²) < 4.78 is 24.5. The number of likely N-dealkylation sites (tertiary alicyclic amines) is 1. The van der Waals surface area contributed by atoms with E-state index in [1.807, 2.05) is 0 Å². The van der Waals surface area contributed by atoms with Crippen LogP contribution in [0.15, 0.2) is 17.5 Å². The molecule has 1 unspecified atom stereocenters. The van der Waals surface area contributed by atoms with Crippen molar-refractivity contribution in [3.8, 4) is 0 Å². The molecule has 0 bridgehead atoms. The molecule has 8 heteroatoms. The van der Waals surface area contributed by atoms with Crippen LogP contribution in [0.5, 0.6) is 0 Å². The SMILES string of the molecule is CS(=O)(=O)N1CCN(C(=O)CN2CCCC2c2cccs2)CC1. The zero-order valence-corrected chi connectivity index (χ0v) is 15.0. The average Bonchev–Trinajstić information content (AvgIpc) is 3.17. The standard InChI is InChI=1S/C15H23N3O3S2/c1-23(20,21)18-9-7-16(8-10-18)15(19)12-17-6-2-4-13(17)14-5-3-11-22-14/h3,5,11,13H,2,4,6-10,12H2,1H3. The Morgan fingerprint density at radius 3 is 2.61 bits per heavy atom. The van der Waals surface area contributed by atoms with E-state index in [-0.39, 0.29) is 5.91 Å². The molecular formula is C15H23N3O3S2. The summed E-state index contributed by atoms with van der Waals surface area (Å²) in [6, 6.07) is 4.56. The fourth-order valence-corrected chi connectivity index (χ4v) is 5.08. The number of carbonyl (C=O) groups is 1. The lowest BCUT2D eigenvalue weighted by molar-refractivity contribution is -0.133. The fraction of sp³-hybridized carbons (Fsp3) is 0.667. The number of piperazine rings is 1. The van der Waals surface area contributed by atoms with E-state index in [1.165, 1.54) is 15.4 Å². The molecule has 0 spiro atoms. The van der Waals surface area contributed by atoms with Crippen molar-refractivity contribution < 1.29 is 13.2 Å². The largest absolute Gasteiger partial charge is 0.339 e. The Labute approximate surface area is 141 Å². The van der Waals surface area contributed by atoms with Crippen molar-refractivity contribution in [1.29, 1.82) is 0 Å². The third-order valence-corrected chi connectivity index (χ3v) is 6.91. The van der Waals surface area contributed by atoms with Crippen LogP contribution in [-0.2, 0) is 14.8 Å². The zero-order chi connectivity index (χ0) is 16.4. The molecule has 1 aromatic heterocycles. The Kier molecular flexibility index (Phi) is 5.05. The van der Waals surface area contributed by atoms with Gasteiger partial charge < -0.3 is 4.90 Å². The molecule has 2 fully saturated rings. The molecule has 0 aromatic carbocycles. The van der Waals surface area contributed by atoms with E-state index in [2.05, 4.69) is 22.4 Å². The van der Waals surface area contributed by atoms with Gasteiger partial charge in [0.2, 0.25) is 15.9 Å². The van der Waals surface area contributed by atoms with E-state index in [1.54, 1.807) is 16.2 Å². The topological polar surface area (TPSA) is 60.9 Å². The second kappa shape index (κ2) is 6.88. The van der Waals surface area contributed by atoms with Crippen molar-refractivity contribution in [1.82, 2.24) is 14.1 Å². The lowest BCUT2D eigenvalue weighted by atomic mass is 10.2. The van der Waals surface area contributed by atoms with Crippen LogP contribution in [0, 0.1) is 0 Å². The van der Waals surface area contributed by atoms with Crippen LogP contribution in [0.2, 0.25) is 0 Å². The van der Waals surface area contributed by atoms with Gasteiger partial charge in [-0.1, -0.05) is 6.07 Å². The normalized spacial score (nSPS) is 24.2. The third kappa shape index (κ3) is 3.93. The molecule has 0 saturated carbocycles. The molecule has 2 aliphatic heterocycles. The molecule has 128 valence electrons. The Bertz CT molecular complexity index is 637. The second-order valence-electron chi connectivity index (χ2n) is 6.19. The van der Waals surface area contributed by atoms with E-state index in [9.17, 15) is 13.2 Å². The summed E-state index contributed by atoms with van der Waals surface area (Å²) in [5, 5.41) is 2.08. The van der Waals surface area contributed by atoms with Crippen molar-refractivity contribution in [3.05, 3.63) is 22.4 Å². The number of thiophene rings is 1. The van der Waals surface area contributed by atoms with Gasteiger partial charge in [0, 0.05) is 37.1 Å². The van der Waals surface area contributed by atoms with Crippen molar-refractivity contribution in [2.75, 3.05) is 45.5 Å². The Morgan fingerprint density at radius 1 is 1.26 bits per heavy atom. The number of nitrogens with zero attached hydrogens (tertiary/aromatic N) is 3. The van der Waals surface area contributed by atoms with Crippen LogP contribution in [-0.4, -0.2) is 74.0 Å². The maximum absolute atomic E-state index is 12.5. The Hall–Kier alpha value is -0.960. The summed E-state index contributed by atoms with van der Waals surface area (Å²) >= 11 is 1.75. The summed E-state index contributed by atoms with van der Waals surface area (Å²) in [6.07, 6.45) is 3.45. The molecule has 1 amide bonds. The van der Waals surface area contributed by atoms with Crippen LogP contribution in [0.1, 0.15) is 23.8 Å².